The third-order valence-corrected chi connectivity index (χ3v) is 7.53. The molecule has 2 N–H and O–H groups in total. The molecule has 8 heteroatoms. The molecule has 0 fully saturated rings. The second-order valence-corrected chi connectivity index (χ2v) is 10.3. The van der Waals surface area contributed by atoms with Crippen LogP contribution in [0.1, 0.15) is 51.5 Å². The highest BCUT2D eigenvalue weighted by molar-refractivity contribution is 5.94. The quantitative estimate of drug-likeness (QED) is 0.339. The number of rotatable bonds is 1. The number of carbonyl (C=O) groups is 2. The lowest BCUT2D eigenvalue weighted by Gasteiger charge is -2.38. The van der Waals surface area contributed by atoms with Crippen molar-refractivity contribution < 1.29 is 24.2 Å². The molecule has 5 heterocycles. The van der Waals surface area contributed by atoms with Crippen LogP contribution in [0.3, 0.4) is 0 Å². The first-order valence-corrected chi connectivity index (χ1v) is 13.9. The Kier molecular flexibility index (Phi) is 7.54. The van der Waals surface area contributed by atoms with Gasteiger partial charge in [0.2, 0.25) is 5.91 Å². The summed E-state index contributed by atoms with van der Waals surface area (Å²) in [7, 11) is 0. The van der Waals surface area contributed by atoms with Gasteiger partial charge in [0.05, 0.1) is 12.6 Å². The Balaban J connectivity index is 1.38. The van der Waals surface area contributed by atoms with E-state index >= 15 is 0 Å². The van der Waals surface area contributed by atoms with Crippen molar-refractivity contribution in [2.45, 2.75) is 31.7 Å². The third-order valence-electron chi connectivity index (χ3n) is 7.53. The maximum atomic E-state index is 13.7. The van der Waals surface area contributed by atoms with Crippen molar-refractivity contribution in [2.75, 3.05) is 19.7 Å². The monoisotopic (exact) mass is 549 g/mol. The number of aromatic nitrogens is 1. The summed E-state index contributed by atoms with van der Waals surface area (Å²) in [5.41, 5.74) is 4.55. The lowest BCUT2D eigenvalue weighted by molar-refractivity contribution is -0.121. The van der Waals surface area contributed by atoms with Crippen LogP contribution in [0, 0.1) is 0 Å². The van der Waals surface area contributed by atoms with E-state index in [9.17, 15) is 14.7 Å². The van der Waals surface area contributed by atoms with Gasteiger partial charge in [-0.2, -0.15) is 0 Å². The van der Waals surface area contributed by atoms with Crippen LogP contribution in [0.25, 0.3) is 0 Å². The second kappa shape index (κ2) is 11.7. The van der Waals surface area contributed by atoms with Gasteiger partial charge in [-0.1, -0.05) is 24.3 Å². The van der Waals surface area contributed by atoms with Gasteiger partial charge in [-0.3, -0.25) is 14.6 Å². The lowest BCUT2D eigenvalue weighted by Crippen LogP contribution is -2.40. The van der Waals surface area contributed by atoms with Crippen LogP contribution < -0.4 is 14.8 Å². The Morgan fingerprint density at radius 2 is 1.73 bits per heavy atom. The molecule has 0 aliphatic carbocycles. The number of aryl methyl sites for hydroxylation is 1. The van der Waals surface area contributed by atoms with Crippen molar-refractivity contribution in [2.24, 2.45) is 0 Å². The Morgan fingerprint density at radius 1 is 0.927 bits per heavy atom. The molecule has 4 aliphatic rings. The smallest absolute Gasteiger partial charge is 0.254 e. The SMILES string of the molecule is O=C1CCc2ccc(O)c(c2)Oc2ccc3c(c2)CCN(C(=O)c2ccncc2)C3c2ccc(cc2)OCCCN1. The normalized spacial score (nSPS) is 17.1. The van der Waals surface area contributed by atoms with Crippen LogP contribution >= 0.6 is 0 Å². The lowest BCUT2D eigenvalue weighted by atomic mass is 9.87. The molecule has 0 saturated carbocycles. The largest absolute Gasteiger partial charge is 0.504 e. The fraction of sp³-hybridized carbons (Fsp3) is 0.242. The van der Waals surface area contributed by atoms with Gasteiger partial charge in [-0.25, -0.2) is 0 Å². The number of aromatic hydroxyl groups is 1. The first-order valence-electron chi connectivity index (χ1n) is 13.9. The van der Waals surface area contributed by atoms with Gasteiger partial charge in [-0.05, 0) is 90.0 Å². The van der Waals surface area contributed by atoms with E-state index in [1.54, 1.807) is 42.7 Å². The molecule has 1 aromatic heterocycles. The van der Waals surface area contributed by atoms with Crippen LogP contribution in [0.4, 0.5) is 0 Å². The van der Waals surface area contributed by atoms with E-state index in [0.29, 0.717) is 62.4 Å². The van der Waals surface area contributed by atoms with Crippen LogP contribution in [0.2, 0.25) is 0 Å². The van der Waals surface area contributed by atoms with E-state index in [-0.39, 0.29) is 23.6 Å². The number of nitrogens with one attached hydrogen (secondary N) is 1. The van der Waals surface area contributed by atoms with Gasteiger partial charge in [0.25, 0.3) is 5.91 Å². The number of ether oxygens (including phenoxy) is 2. The number of phenols is 1. The first kappa shape index (κ1) is 26.4. The fourth-order valence-corrected chi connectivity index (χ4v) is 5.41. The number of hydrogen-bond acceptors (Lipinski definition) is 6. The summed E-state index contributed by atoms with van der Waals surface area (Å²) < 4.78 is 12.1. The molecule has 208 valence electrons. The molecule has 1 atom stereocenters. The number of hydrogen-bond donors (Lipinski definition) is 2. The Bertz CT molecular complexity index is 1560. The summed E-state index contributed by atoms with van der Waals surface area (Å²) in [6, 6.07) is 22.0. The zero-order valence-corrected chi connectivity index (χ0v) is 22.6. The van der Waals surface area contributed by atoms with Gasteiger partial charge >= 0.3 is 0 Å². The molecule has 3 aromatic carbocycles. The highest BCUT2D eigenvalue weighted by atomic mass is 16.5. The number of fused-ring (bicyclic) bond motifs is 1. The molecule has 2 amide bonds. The van der Waals surface area contributed by atoms with E-state index in [4.69, 9.17) is 9.47 Å². The van der Waals surface area contributed by atoms with Crippen LogP contribution in [-0.2, 0) is 17.6 Å². The van der Waals surface area contributed by atoms with Crippen molar-refractivity contribution in [1.82, 2.24) is 15.2 Å². The minimum atomic E-state index is -0.302. The van der Waals surface area contributed by atoms with Crippen LogP contribution in [0.15, 0.2) is 85.2 Å². The van der Waals surface area contributed by atoms with E-state index in [1.807, 2.05) is 47.4 Å². The summed E-state index contributed by atoms with van der Waals surface area (Å²) in [6.45, 7) is 1.52. The van der Waals surface area contributed by atoms with Crippen molar-refractivity contribution in [3.8, 4) is 23.0 Å². The number of benzene rings is 3. The van der Waals surface area contributed by atoms with E-state index in [0.717, 1.165) is 28.0 Å². The van der Waals surface area contributed by atoms with Crippen LogP contribution in [-0.4, -0.2) is 46.5 Å². The Labute approximate surface area is 238 Å². The Morgan fingerprint density at radius 3 is 2.56 bits per heavy atom. The zero-order chi connectivity index (χ0) is 28.2. The van der Waals surface area contributed by atoms with E-state index in [2.05, 4.69) is 10.3 Å². The molecule has 8 bridgehead atoms. The highest BCUT2D eigenvalue weighted by Gasteiger charge is 2.33. The third kappa shape index (κ3) is 5.87. The fourth-order valence-electron chi connectivity index (χ4n) is 5.41. The molecule has 41 heavy (non-hydrogen) atoms. The van der Waals surface area contributed by atoms with Gasteiger partial charge in [0.1, 0.15) is 11.5 Å². The summed E-state index contributed by atoms with van der Waals surface area (Å²) >= 11 is 0. The summed E-state index contributed by atoms with van der Waals surface area (Å²) in [4.78, 5) is 32.0. The number of amides is 2. The molecule has 4 aromatic rings. The molecular formula is C33H31N3O5. The van der Waals surface area contributed by atoms with Crippen molar-refractivity contribution in [3.05, 3.63) is 113 Å². The maximum absolute atomic E-state index is 13.7. The van der Waals surface area contributed by atoms with Crippen molar-refractivity contribution in [1.29, 1.82) is 0 Å². The predicted octanol–water partition coefficient (Wildman–Crippen LogP) is 5.20. The number of pyridine rings is 1. The molecule has 0 spiro atoms. The average molecular weight is 550 g/mol. The molecule has 0 radical (unpaired) electrons. The van der Waals surface area contributed by atoms with Gasteiger partial charge in [-0.15, -0.1) is 0 Å². The number of phenolic OH excluding ortho intramolecular Hbond substituents is 1. The molecule has 4 aliphatic heterocycles. The summed E-state index contributed by atoms with van der Waals surface area (Å²) in [6.07, 6.45) is 5.46. The number of nitrogens with zero attached hydrogens (tertiary/aromatic N) is 2. The standard InChI is InChI=1S/C33H31N3O5/c37-29-10-2-22-3-11-31(38)35-15-1-19-40-26-6-4-23(5-7-26)32-28-9-8-27(41-30(29)20-22)21-25(28)14-18-36(32)33(39)24-12-16-34-17-13-24/h2,4-10,12-13,16-17,20-21,32,37H,1,3,11,14-15,18-19H2,(H,35,38). The second-order valence-electron chi connectivity index (χ2n) is 10.3. The van der Waals surface area contributed by atoms with Crippen molar-refractivity contribution >= 4 is 11.8 Å². The average Bonchev–Trinajstić information content (AvgIpc) is 3.00. The summed E-state index contributed by atoms with van der Waals surface area (Å²) in [5.74, 6) is 1.60. The molecule has 8 nitrogen and oxygen atoms in total. The molecule has 0 saturated heterocycles. The van der Waals surface area contributed by atoms with Gasteiger partial charge in [0.15, 0.2) is 11.5 Å². The van der Waals surface area contributed by atoms with Crippen LogP contribution in [0.5, 0.6) is 23.0 Å². The topological polar surface area (TPSA) is 101 Å². The van der Waals surface area contributed by atoms with E-state index < -0.39 is 0 Å². The zero-order valence-electron chi connectivity index (χ0n) is 22.6. The minimum absolute atomic E-state index is 0.0291. The highest BCUT2D eigenvalue weighted by Crippen LogP contribution is 2.40. The minimum Gasteiger partial charge on any atom is -0.504 e. The summed E-state index contributed by atoms with van der Waals surface area (Å²) in [5, 5.41) is 13.4. The van der Waals surface area contributed by atoms with Crippen molar-refractivity contribution in [3.63, 3.8) is 0 Å². The van der Waals surface area contributed by atoms with E-state index in [1.165, 1.54) is 0 Å². The van der Waals surface area contributed by atoms with Gasteiger partial charge in [0, 0.05) is 37.5 Å². The molecule has 8 rings (SSSR count). The first-order chi connectivity index (χ1) is 20.0. The predicted molar refractivity (Wildman–Crippen MR) is 153 cm³/mol. The maximum Gasteiger partial charge on any atom is 0.254 e. The van der Waals surface area contributed by atoms with Gasteiger partial charge < -0.3 is 24.8 Å². The Hall–Kier alpha value is -4.85. The molecule has 1 unspecified atom stereocenters. The number of carbonyl (C=O) groups excluding carboxylic acids is 2. The molecular weight excluding hydrogens is 518 g/mol.